The van der Waals surface area contributed by atoms with Gasteiger partial charge in [0.15, 0.2) is 0 Å². The topological polar surface area (TPSA) is 40.5 Å². The van der Waals surface area contributed by atoms with Gasteiger partial charge in [0.2, 0.25) is 0 Å². The van der Waals surface area contributed by atoms with E-state index in [0.29, 0.717) is 12.3 Å². The van der Waals surface area contributed by atoms with E-state index in [1.165, 1.54) is 0 Å². The molecule has 1 N–H and O–H groups in total. The molecular weight excluding hydrogens is 166 g/mol. The monoisotopic (exact) mass is 183 g/mol. The fourth-order valence-electron chi connectivity index (χ4n) is 1.82. The van der Waals surface area contributed by atoms with Crippen molar-refractivity contribution in [2.75, 3.05) is 19.6 Å². The first-order valence-electron chi connectivity index (χ1n) is 4.77. The van der Waals surface area contributed by atoms with Crippen molar-refractivity contribution in [3.05, 3.63) is 12.7 Å². The highest BCUT2D eigenvalue weighted by molar-refractivity contribution is 5.66. The van der Waals surface area contributed by atoms with Gasteiger partial charge in [0.25, 0.3) is 0 Å². The van der Waals surface area contributed by atoms with Crippen LogP contribution in [0.4, 0.5) is 0 Å². The lowest BCUT2D eigenvalue weighted by molar-refractivity contribution is -0.137. The SMILES string of the molecule is C=CCN1CCC(CCC(=O)O)C1. The third-order valence-corrected chi connectivity index (χ3v) is 2.52. The fraction of sp³-hybridized carbons (Fsp3) is 0.700. The third kappa shape index (κ3) is 3.59. The summed E-state index contributed by atoms with van der Waals surface area (Å²) < 4.78 is 0. The number of nitrogens with zero attached hydrogens (tertiary/aromatic N) is 1. The Balaban J connectivity index is 2.17. The van der Waals surface area contributed by atoms with E-state index in [1.807, 2.05) is 6.08 Å². The van der Waals surface area contributed by atoms with Gasteiger partial charge in [-0.15, -0.1) is 6.58 Å². The average Bonchev–Trinajstić information content (AvgIpc) is 2.50. The highest BCUT2D eigenvalue weighted by Crippen LogP contribution is 2.20. The molecule has 0 bridgehead atoms. The van der Waals surface area contributed by atoms with Gasteiger partial charge in [0.05, 0.1) is 0 Å². The second-order valence-corrected chi connectivity index (χ2v) is 3.64. The molecule has 1 fully saturated rings. The van der Waals surface area contributed by atoms with E-state index >= 15 is 0 Å². The molecule has 1 atom stereocenters. The Morgan fingerprint density at radius 1 is 1.69 bits per heavy atom. The summed E-state index contributed by atoms with van der Waals surface area (Å²) in [5.74, 6) is -0.0989. The molecule has 1 unspecified atom stereocenters. The molecule has 0 aromatic rings. The number of carbonyl (C=O) groups is 1. The van der Waals surface area contributed by atoms with Gasteiger partial charge < -0.3 is 5.11 Å². The van der Waals surface area contributed by atoms with Gasteiger partial charge in [-0.1, -0.05) is 6.08 Å². The van der Waals surface area contributed by atoms with E-state index in [4.69, 9.17) is 5.11 Å². The number of hydrogen-bond acceptors (Lipinski definition) is 2. The van der Waals surface area contributed by atoms with Crippen LogP contribution in [0.25, 0.3) is 0 Å². The first-order chi connectivity index (χ1) is 6.22. The number of likely N-dealkylation sites (tertiary alicyclic amines) is 1. The molecule has 1 rings (SSSR count). The van der Waals surface area contributed by atoms with E-state index in [2.05, 4.69) is 11.5 Å². The van der Waals surface area contributed by atoms with Gasteiger partial charge in [-0.2, -0.15) is 0 Å². The number of hydrogen-bond donors (Lipinski definition) is 1. The summed E-state index contributed by atoms with van der Waals surface area (Å²) >= 11 is 0. The summed E-state index contributed by atoms with van der Waals surface area (Å²) in [4.78, 5) is 12.7. The Morgan fingerprint density at radius 3 is 3.08 bits per heavy atom. The Kier molecular flexibility index (Phi) is 3.96. The van der Waals surface area contributed by atoms with Crippen LogP contribution < -0.4 is 0 Å². The fourth-order valence-corrected chi connectivity index (χ4v) is 1.82. The maximum atomic E-state index is 10.3. The number of rotatable bonds is 5. The number of aliphatic carboxylic acids is 1. The molecule has 1 heterocycles. The Hall–Kier alpha value is -0.830. The Morgan fingerprint density at radius 2 is 2.46 bits per heavy atom. The number of carboxylic acids is 1. The second-order valence-electron chi connectivity index (χ2n) is 3.64. The summed E-state index contributed by atoms with van der Waals surface area (Å²) in [5, 5.41) is 8.51. The van der Waals surface area contributed by atoms with E-state index in [9.17, 15) is 4.79 Å². The second kappa shape index (κ2) is 5.02. The molecule has 1 aliphatic rings. The van der Waals surface area contributed by atoms with Crippen LogP contribution in [0.1, 0.15) is 19.3 Å². The van der Waals surface area contributed by atoms with Crippen LogP contribution >= 0.6 is 0 Å². The Labute approximate surface area is 79.0 Å². The number of carboxylic acid groups (broad SMARTS) is 1. The lowest BCUT2D eigenvalue weighted by Crippen LogP contribution is -2.20. The minimum atomic E-state index is -0.679. The van der Waals surface area contributed by atoms with Crippen LogP contribution in [-0.2, 0) is 4.79 Å². The molecule has 13 heavy (non-hydrogen) atoms. The molecular formula is C10H17NO2. The van der Waals surface area contributed by atoms with Gasteiger partial charge >= 0.3 is 5.97 Å². The van der Waals surface area contributed by atoms with Gasteiger partial charge in [0, 0.05) is 19.5 Å². The van der Waals surface area contributed by atoms with Gasteiger partial charge in [-0.05, 0) is 25.3 Å². The van der Waals surface area contributed by atoms with Crippen LogP contribution in [-0.4, -0.2) is 35.6 Å². The zero-order chi connectivity index (χ0) is 9.68. The van der Waals surface area contributed by atoms with Crippen molar-refractivity contribution >= 4 is 5.97 Å². The minimum absolute atomic E-state index is 0.312. The van der Waals surface area contributed by atoms with Gasteiger partial charge in [-0.3, -0.25) is 9.69 Å². The van der Waals surface area contributed by atoms with Crippen LogP contribution in [0.5, 0.6) is 0 Å². The molecule has 0 spiro atoms. The summed E-state index contributed by atoms with van der Waals surface area (Å²) in [6.07, 6.45) is 4.18. The highest BCUT2D eigenvalue weighted by atomic mass is 16.4. The molecule has 74 valence electrons. The lowest BCUT2D eigenvalue weighted by Gasteiger charge is -2.12. The van der Waals surface area contributed by atoms with Crippen molar-refractivity contribution in [2.45, 2.75) is 19.3 Å². The summed E-state index contributed by atoms with van der Waals surface area (Å²) in [7, 11) is 0. The smallest absolute Gasteiger partial charge is 0.303 e. The predicted octanol–water partition coefficient (Wildman–Crippen LogP) is 1.36. The summed E-state index contributed by atoms with van der Waals surface area (Å²) in [5.41, 5.74) is 0. The van der Waals surface area contributed by atoms with E-state index < -0.39 is 5.97 Å². The van der Waals surface area contributed by atoms with Crippen molar-refractivity contribution in [1.82, 2.24) is 4.90 Å². The van der Waals surface area contributed by atoms with Crippen molar-refractivity contribution in [1.29, 1.82) is 0 Å². The zero-order valence-electron chi connectivity index (χ0n) is 7.91. The van der Waals surface area contributed by atoms with Gasteiger partial charge in [-0.25, -0.2) is 0 Å². The van der Waals surface area contributed by atoms with Crippen LogP contribution in [0.15, 0.2) is 12.7 Å². The van der Waals surface area contributed by atoms with Crippen LogP contribution in [0.3, 0.4) is 0 Å². The van der Waals surface area contributed by atoms with E-state index in [1.54, 1.807) is 0 Å². The quantitative estimate of drug-likeness (QED) is 0.654. The largest absolute Gasteiger partial charge is 0.481 e. The van der Waals surface area contributed by atoms with Crippen molar-refractivity contribution in [3.63, 3.8) is 0 Å². The molecule has 0 aromatic carbocycles. The Bertz CT molecular complexity index is 191. The molecule has 0 aliphatic carbocycles. The van der Waals surface area contributed by atoms with Crippen molar-refractivity contribution < 1.29 is 9.90 Å². The summed E-state index contributed by atoms with van der Waals surface area (Å²) in [6.45, 7) is 6.76. The van der Waals surface area contributed by atoms with Crippen molar-refractivity contribution in [3.8, 4) is 0 Å². The first-order valence-corrected chi connectivity index (χ1v) is 4.77. The summed E-state index contributed by atoms with van der Waals surface area (Å²) in [6, 6.07) is 0. The first kappa shape index (κ1) is 10.3. The molecule has 0 radical (unpaired) electrons. The third-order valence-electron chi connectivity index (χ3n) is 2.52. The standard InChI is InChI=1S/C10H17NO2/c1-2-6-11-7-5-9(8-11)3-4-10(12)13/h2,9H,1,3-8H2,(H,12,13). The predicted molar refractivity (Wildman–Crippen MR) is 51.6 cm³/mol. The highest BCUT2D eigenvalue weighted by Gasteiger charge is 2.21. The molecule has 1 saturated heterocycles. The van der Waals surface area contributed by atoms with Crippen molar-refractivity contribution in [2.24, 2.45) is 5.92 Å². The molecule has 0 saturated carbocycles. The lowest BCUT2D eigenvalue weighted by atomic mass is 10.0. The maximum Gasteiger partial charge on any atom is 0.303 e. The van der Waals surface area contributed by atoms with Gasteiger partial charge in [0.1, 0.15) is 0 Å². The van der Waals surface area contributed by atoms with Crippen LogP contribution in [0.2, 0.25) is 0 Å². The maximum absolute atomic E-state index is 10.3. The van der Waals surface area contributed by atoms with E-state index in [-0.39, 0.29) is 0 Å². The average molecular weight is 183 g/mol. The molecule has 3 nitrogen and oxygen atoms in total. The van der Waals surface area contributed by atoms with E-state index in [0.717, 1.165) is 32.5 Å². The molecule has 1 aliphatic heterocycles. The van der Waals surface area contributed by atoms with Crippen LogP contribution in [0, 0.1) is 5.92 Å². The molecule has 0 aromatic heterocycles. The molecule has 3 heteroatoms. The molecule has 0 amide bonds. The zero-order valence-corrected chi connectivity index (χ0v) is 7.91. The normalized spacial score (nSPS) is 23.2. The minimum Gasteiger partial charge on any atom is -0.481 e.